The van der Waals surface area contributed by atoms with E-state index < -0.39 is 0 Å². The average Bonchev–Trinajstić information content (AvgIpc) is 3.29. The molecule has 0 unspecified atom stereocenters. The van der Waals surface area contributed by atoms with Crippen LogP contribution in [0.2, 0.25) is 5.02 Å². The molecule has 4 aromatic rings. The van der Waals surface area contributed by atoms with Crippen LogP contribution >= 0.6 is 11.6 Å². The van der Waals surface area contributed by atoms with Crippen molar-refractivity contribution >= 4 is 22.9 Å². The molecule has 1 saturated carbocycles. The van der Waals surface area contributed by atoms with Gasteiger partial charge in [0.05, 0.1) is 24.9 Å². The highest BCUT2D eigenvalue weighted by atomic mass is 35.5. The van der Waals surface area contributed by atoms with Crippen LogP contribution in [-0.2, 0) is 6.42 Å². The van der Waals surface area contributed by atoms with Crippen LogP contribution in [0.4, 0.5) is 5.69 Å². The van der Waals surface area contributed by atoms with Crippen LogP contribution in [0.5, 0.6) is 11.5 Å². The predicted octanol–water partition coefficient (Wildman–Crippen LogP) is 5.97. The third-order valence-electron chi connectivity index (χ3n) is 6.96. The fraction of sp³-hybridized carbons (Fsp3) is 0.321. The number of imidazole rings is 1. The number of nitrogens with zero attached hydrogens (tertiary/aromatic N) is 2. The Labute approximate surface area is 211 Å². The Bertz CT molecular complexity index is 1310. The van der Waals surface area contributed by atoms with Gasteiger partial charge in [-0.1, -0.05) is 41.9 Å². The van der Waals surface area contributed by atoms with Gasteiger partial charge in [0.1, 0.15) is 17.1 Å². The van der Waals surface area contributed by atoms with Crippen LogP contribution in [0.25, 0.3) is 16.9 Å². The molecule has 1 fully saturated rings. The highest BCUT2D eigenvalue weighted by Gasteiger charge is 2.31. The topological polar surface area (TPSA) is 73.8 Å². The van der Waals surface area contributed by atoms with E-state index in [-0.39, 0.29) is 5.54 Å². The molecular formula is C28H31ClN4O2. The summed E-state index contributed by atoms with van der Waals surface area (Å²) in [5, 5.41) is 4.22. The van der Waals surface area contributed by atoms with E-state index in [9.17, 15) is 0 Å². The minimum atomic E-state index is -0.125. The molecular weight excluding hydrogens is 460 g/mol. The highest BCUT2D eigenvalue weighted by molar-refractivity contribution is 6.32. The molecule has 0 bridgehead atoms. The summed E-state index contributed by atoms with van der Waals surface area (Å²) in [6.07, 6.45) is 9.05. The molecule has 0 spiro atoms. The molecule has 2 heterocycles. The lowest BCUT2D eigenvalue weighted by atomic mass is 9.76. The Morgan fingerprint density at radius 1 is 1.06 bits per heavy atom. The summed E-state index contributed by atoms with van der Waals surface area (Å²) >= 11 is 6.37. The molecule has 5 rings (SSSR count). The van der Waals surface area contributed by atoms with E-state index in [1.807, 2.05) is 22.9 Å². The van der Waals surface area contributed by atoms with Crippen molar-refractivity contribution < 1.29 is 9.47 Å². The quantitative estimate of drug-likeness (QED) is 0.334. The molecule has 0 saturated heterocycles. The van der Waals surface area contributed by atoms with Gasteiger partial charge < -0.3 is 24.9 Å². The Morgan fingerprint density at radius 2 is 1.80 bits per heavy atom. The second-order valence-corrected chi connectivity index (χ2v) is 9.84. The lowest BCUT2D eigenvalue weighted by Crippen LogP contribution is -2.47. The number of ether oxygens (including phenoxy) is 2. The SMILES string of the molecule is COc1cc(OC)c(-c2cn3ccc(NC4CCC(N)(Cc5ccccc5)CC4)cc3n2)cc1Cl. The largest absolute Gasteiger partial charge is 0.496 e. The summed E-state index contributed by atoms with van der Waals surface area (Å²) in [4.78, 5) is 4.84. The number of anilines is 1. The van der Waals surface area contributed by atoms with E-state index in [1.165, 1.54) is 5.56 Å². The van der Waals surface area contributed by atoms with Crippen LogP contribution in [0.1, 0.15) is 31.2 Å². The molecule has 3 N–H and O–H groups in total. The number of hydrogen-bond donors (Lipinski definition) is 2. The number of methoxy groups -OCH3 is 2. The van der Waals surface area contributed by atoms with Gasteiger partial charge in [0, 0.05) is 47.4 Å². The van der Waals surface area contributed by atoms with Crippen molar-refractivity contribution in [1.29, 1.82) is 0 Å². The molecule has 0 amide bonds. The zero-order chi connectivity index (χ0) is 24.4. The van der Waals surface area contributed by atoms with Gasteiger partial charge >= 0.3 is 0 Å². The van der Waals surface area contributed by atoms with Gasteiger partial charge in [0.2, 0.25) is 0 Å². The van der Waals surface area contributed by atoms with Gasteiger partial charge in [-0.25, -0.2) is 4.98 Å². The van der Waals surface area contributed by atoms with Gasteiger partial charge in [-0.3, -0.25) is 0 Å². The van der Waals surface area contributed by atoms with Crippen molar-refractivity contribution in [2.24, 2.45) is 5.73 Å². The lowest BCUT2D eigenvalue weighted by Gasteiger charge is -2.38. The minimum absolute atomic E-state index is 0.125. The molecule has 1 aliphatic carbocycles. The standard InChI is InChI=1S/C28H31ClN4O2/c1-34-25-16-26(35-2)23(29)15-22(25)24-18-33-13-10-21(14-27(33)32-24)31-20-8-11-28(30,12-9-20)17-19-6-4-3-5-7-19/h3-7,10,13-16,18,20,31H,8-9,11-12,17,30H2,1-2H3. The normalized spacial score (nSPS) is 20.1. The number of benzene rings is 2. The van der Waals surface area contributed by atoms with Crippen molar-refractivity contribution in [3.05, 3.63) is 77.6 Å². The molecule has 6 nitrogen and oxygen atoms in total. The molecule has 1 aliphatic rings. The van der Waals surface area contributed by atoms with E-state index in [1.54, 1.807) is 20.3 Å². The van der Waals surface area contributed by atoms with Crippen molar-refractivity contribution in [3.63, 3.8) is 0 Å². The average molecular weight is 491 g/mol. The molecule has 7 heteroatoms. The minimum Gasteiger partial charge on any atom is -0.496 e. The van der Waals surface area contributed by atoms with Gasteiger partial charge in [-0.15, -0.1) is 0 Å². The zero-order valence-electron chi connectivity index (χ0n) is 20.1. The number of nitrogens with one attached hydrogen (secondary N) is 1. The van der Waals surface area contributed by atoms with Crippen molar-refractivity contribution in [1.82, 2.24) is 9.38 Å². The highest BCUT2D eigenvalue weighted by Crippen LogP contribution is 2.38. The Hall–Kier alpha value is -3.22. The molecule has 2 aromatic carbocycles. The molecule has 0 radical (unpaired) electrons. The number of aromatic nitrogens is 2. The Balaban J connectivity index is 1.29. The van der Waals surface area contributed by atoms with E-state index in [0.29, 0.717) is 22.6 Å². The van der Waals surface area contributed by atoms with Crippen LogP contribution in [0.3, 0.4) is 0 Å². The smallest absolute Gasteiger partial charge is 0.141 e. The summed E-state index contributed by atoms with van der Waals surface area (Å²) in [7, 11) is 3.22. The third-order valence-corrected chi connectivity index (χ3v) is 7.26. The van der Waals surface area contributed by atoms with Gasteiger partial charge in [0.25, 0.3) is 0 Å². The maximum Gasteiger partial charge on any atom is 0.141 e. The van der Waals surface area contributed by atoms with E-state index >= 15 is 0 Å². The molecule has 182 valence electrons. The third kappa shape index (κ3) is 5.09. The fourth-order valence-electron chi connectivity index (χ4n) is 5.01. The lowest BCUT2D eigenvalue weighted by molar-refractivity contribution is 0.280. The number of fused-ring (bicyclic) bond motifs is 1. The first kappa shape index (κ1) is 23.5. The number of hydrogen-bond acceptors (Lipinski definition) is 5. The monoisotopic (exact) mass is 490 g/mol. The van der Waals surface area contributed by atoms with Crippen LogP contribution in [0.15, 0.2) is 67.0 Å². The maximum atomic E-state index is 6.76. The molecule has 35 heavy (non-hydrogen) atoms. The summed E-state index contributed by atoms with van der Waals surface area (Å²) in [6, 6.07) is 18.7. The summed E-state index contributed by atoms with van der Waals surface area (Å²) in [5.41, 5.74) is 11.5. The van der Waals surface area contributed by atoms with Crippen molar-refractivity contribution in [2.75, 3.05) is 19.5 Å². The van der Waals surface area contributed by atoms with E-state index in [4.69, 9.17) is 31.8 Å². The van der Waals surface area contributed by atoms with Gasteiger partial charge in [-0.2, -0.15) is 0 Å². The maximum absolute atomic E-state index is 6.76. The van der Waals surface area contributed by atoms with E-state index in [2.05, 4.69) is 47.8 Å². The molecule has 2 aromatic heterocycles. The predicted molar refractivity (Wildman–Crippen MR) is 142 cm³/mol. The second kappa shape index (κ2) is 9.80. The summed E-state index contributed by atoms with van der Waals surface area (Å²) in [5.74, 6) is 1.23. The van der Waals surface area contributed by atoms with Crippen molar-refractivity contribution in [3.8, 4) is 22.8 Å². The Kier molecular flexibility index (Phi) is 6.58. The van der Waals surface area contributed by atoms with Crippen LogP contribution in [-0.4, -0.2) is 35.2 Å². The fourth-order valence-corrected chi connectivity index (χ4v) is 5.25. The second-order valence-electron chi connectivity index (χ2n) is 9.44. The summed E-state index contributed by atoms with van der Waals surface area (Å²) < 4.78 is 12.9. The first-order chi connectivity index (χ1) is 17.0. The number of rotatable bonds is 7. The molecule has 0 atom stereocenters. The summed E-state index contributed by atoms with van der Waals surface area (Å²) in [6.45, 7) is 0. The number of halogens is 1. The van der Waals surface area contributed by atoms with Gasteiger partial charge in [0.15, 0.2) is 0 Å². The van der Waals surface area contributed by atoms with Gasteiger partial charge in [-0.05, 0) is 49.8 Å². The first-order valence-electron chi connectivity index (χ1n) is 12.0. The van der Waals surface area contributed by atoms with E-state index in [0.717, 1.165) is 54.7 Å². The van der Waals surface area contributed by atoms with Crippen LogP contribution < -0.4 is 20.5 Å². The van der Waals surface area contributed by atoms with Crippen molar-refractivity contribution in [2.45, 2.75) is 43.7 Å². The first-order valence-corrected chi connectivity index (χ1v) is 12.3. The number of nitrogens with two attached hydrogens (primary N) is 1. The molecule has 0 aliphatic heterocycles. The van der Waals surface area contributed by atoms with Crippen LogP contribution in [0, 0.1) is 0 Å². The number of pyridine rings is 1. The zero-order valence-corrected chi connectivity index (χ0v) is 20.9. The Morgan fingerprint density at radius 3 is 2.51 bits per heavy atom.